The summed E-state index contributed by atoms with van der Waals surface area (Å²) in [5, 5.41) is 3.17. The molecule has 4 nitrogen and oxygen atoms in total. The van der Waals surface area contributed by atoms with Gasteiger partial charge in [-0.1, -0.05) is 18.2 Å². The quantitative estimate of drug-likeness (QED) is 0.899. The summed E-state index contributed by atoms with van der Waals surface area (Å²) in [5.74, 6) is 0.831. The van der Waals surface area contributed by atoms with Gasteiger partial charge >= 0.3 is 0 Å². The van der Waals surface area contributed by atoms with Crippen LogP contribution in [0.2, 0.25) is 0 Å². The summed E-state index contributed by atoms with van der Waals surface area (Å²) in [6.07, 6.45) is 4.28. The normalized spacial score (nSPS) is 18.6. The summed E-state index contributed by atoms with van der Waals surface area (Å²) in [6, 6.07) is 6.27. The number of hydrogen-bond acceptors (Lipinski definition) is 4. The van der Waals surface area contributed by atoms with Crippen molar-refractivity contribution in [1.29, 1.82) is 0 Å². The van der Waals surface area contributed by atoms with Gasteiger partial charge in [-0.3, -0.25) is 0 Å². The fraction of sp³-hybridized carbons (Fsp3) is 0.357. The molecule has 1 aliphatic rings. The van der Waals surface area contributed by atoms with Gasteiger partial charge in [-0.05, 0) is 24.6 Å². The third kappa shape index (κ3) is 1.94. The first-order valence-electron chi connectivity index (χ1n) is 6.17. The second kappa shape index (κ2) is 4.92. The van der Waals surface area contributed by atoms with Crippen molar-refractivity contribution in [2.24, 2.45) is 0 Å². The highest BCUT2D eigenvalue weighted by atomic mass is 16.5. The summed E-state index contributed by atoms with van der Waals surface area (Å²) in [5.41, 5.74) is 3.71. The Morgan fingerprint density at radius 3 is 3.17 bits per heavy atom. The smallest absolute Gasteiger partial charge is 0.181 e. The van der Waals surface area contributed by atoms with Crippen LogP contribution >= 0.6 is 0 Å². The molecule has 0 bridgehead atoms. The largest absolute Gasteiger partial charge is 0.444 e. The van der Waals surface area contributed by atoms with Crippen LogP contribution in [0.1, 0.15) is 17.2 Å². The van der Waals surface area contributed by atoms with E-state index in [-0.39, 0.29) is 6.10 Å². The van der Waals surface area contributed by atoms with Gasteiger partial charge in [0.2, 0.25) is 0 Å². The number of ether oxygens (including phenoxy) is 1. The maximum atomic E-state index is 5.81. The molecule has 1 unspecified atom stereocenters. The molecule has 1 aliphatic heterocycles. The lowest BCUT2D eigenvalue weighted by atomic mass is 9.92. The maximum Gasteiger partial charge on any atom is 0.181 e. The topological polar surface area (TPSA) is 47.3 Å². The SMILES string of the molecule is CNCC1OCCc2c(-c3cnco3)cccc21. The Kier molecular flexibility index (Phi) is 3.13. The molecule has 3 rings (SSSR count). The number of likely N-dealkylation sites (N-methyl/N-ethyl adjacent to an activating group) is 1. The molecule has 18 heavy (non-hydrogen) atoms. The number of aromatic nitrogens is 1. The second-order valence-electron chi connectivity index (χ2n) is 4.41. The van der Waals surface area contributed by atoms with Crippen LogP contribution in [0.3, 0.4) is 0 Å². The molecule has 0 amide bonds. The molecule has 4 heteroatoms. The summed E-state index contributed by atoms with van der Waals surface area (Å²) >= 11 is 0. The summed E-state index contributed by atoms with van der Waals surface area (Å²) in [6.45, 7) is 1.58. The summed E-state index contributed by atoms with van der Waals surface area (Å²) in [7, 11) is 1.94. The Morgan fingerprint density at radius 2 is 2.39 bits per heavy atom. The van der Waals surface area contributed by atoms with Gasteiger partial charge in [0, 0.05) is 12.1 Å². The molecule has 94 valence electrons. The Hall–Kier alpha value is -1.65. The van der Waals surface area contributed by atoms with Crippen molar-refractivity contribution in [2.45, 2.75) is 12.5 Å². The molecule has 1 N–H and O–H groups in total. The molecule has 0 saturated carbocycles. The average molecular weight is 244 g/mol. The van der Waals surface area contributed by atoms with Crippen LogP contribution in [-0.4, -0.2) is 25.2 Å². The van der Waals surface area contributed by atoms with Gasteiger partial charge in [0.05, 0.1) is 18.9 Å². The zero-order valence-corrected chi connectivity index (χ0v) is 10.3. The third-order valence-electron chi connectivity index (χ3n) is 3.32. The molecular weight excluding hydrogens is 228 g/mol. The van der Waals surface area contributed by atoms with Crippen LogP contribution in [0.5, 0.6) is 0 Å². The number of rotatable bonds is 3. The average Bonchev–Trinajstić information content (AvgIpc) is 2.93. The number of oxazole rings is 1. The lowest BCUT2D eigenvalue weighted by Crippen LogP contribution is -2.25. The molecule has 2 aromatic rings. The van der Waals surface area contributed by atoms with Crippen LogP contribution in [-0.2, 0) is 11.2 Å². The molecular formula is C14H16N2O2. The fourth-order valence-electron chi connectivity index (χ4n) is 2.51. The Bertz CT molecular complexity index is 523. The van der Waals surface area contributed by atoms with Gasteiger partial charge in [-0.25, -0.2) is 4.98 Å². The maximum absolute atomic E-state index is 5.81. The molecule has 1 aromatic carbocycles. The van der Waals surface area contributed by atoms with Crippen LogP contribution in [0.25, 0.3) is 11.3 Å². The van der Waals surface area contributed by atoms with E-state index in [4.69, 9.17) is 9.15 Å². The molecule has 0 fully saturated rings. The Morgan fingerprint density at radius 1 is 1.44 bits per heavy atom. The van der Waals surface area contributed by atoms with E-state index in [1.807, 2.05) is 13.1 Å². The highest BCUT2D eigenvalue weighted by Gasteiger charge is 2.23. The first-order valence-corrected chi connectivity index (χ1v) is 6.17. The van der Waals surface area contributed by atoms with Gasteiger partial charge < -0.3 is 14.5 Å². The van der Waals surface area contributed by atoms with E-state index in [1.54, 1.807) is 6.20 Å². The summed E-state index contributed by atoms with van der Waals surface area (Å²) in [4.78, 5) is 3.99. The monoisotopic (exact) mass is 244 g/mol. The minimum Gasteiger partial charge on any atom is -0.444 e. The third-order valence-corrected chi connectivity index (χ3v) is 3.32. The molecule has 0 radical (unpaired) electrons. The van der Waals surface area contributed by atoms with Gasteiger partial charge in [-0.2, -0.15) is 0 Å². The van der Waals surface area contributed by atoms with E-state index in [1.165, 1.54) is 17.5 Å². The van der Waals surface area contributed by atoms with E-state index >= 15 is 0 Å². The standard InChI is InChI=1S/C14H16N2O2/c1-15-7-13-11-3-2-4-12(10(11)5-6-17-13)14-8-16-9-18-14/h2-4,8-9,13,15H,5-7H2,1H3. The highest BCUT2D eigenvalue weighted by Crippen LogP contribution is 2.33. The van der Waals surface area contributed by atoms with Gasteiger partial charge in [0.15, 0.2) is 12.2 Å². The molecule has 1 aromatic heterocycles. The lowest BCUT2D eigenvalue weighted by Gasteiger charge is -2.27. The minimum atomic E-state index is 0.127. The van der Waals surface area contributed by atoms with Crippen LogP contribution in [0.4, 0.5) is 0 Å². The molecule has 0 aliphatic carbocycles. The molecule has 0 saturated heterocycles. The van der Waals surface area contributed by atoms with E-state index in [2.05, 4.69) is 22.4 Å². The molecule has 1 atom stereocenters. The van der Waals surface area contributed by atoms with Crippen LogP contribution in [0, 0.1) is 0 Å². The van der Waals surface area contributed by atoms with Crippen LogP contribution < -0.4 is 5.32 Å². The number of fused-ring (bicyclic) bond motifs is 1. The van der Waals surface area contributed by atoms with Crippen LogP contribution in [0.15, 0.2) is 35.2 Å². The van der Waals surface area contributed by atoms with Crippen molar-refractivity contribution in [1.82, 2.24) is 10.3 Å². The van der Waals surface area contributed by atoms with Gasteiger partial charge in [-0.15, -0.1) is 0 Å². The summed E-state index contributed by atoms with van der Waals surface area (Å²) < 4.78 is 11.2. The lowest BCUT2D eigenvalue weighted by molar-refractivity contribution is 0.0440. The van der Waals surface area contributed by atoms with Gasteiger partial charge in [0.25, 0.3) is 0 Å². The van der Waals surface area contributed by atoms with E-state index in [0.29, 0.717) is 0 Å². The number of nitrogens with one attached hydrogen (secondary N) is 1. The van der Waals surface area contributed by atoms with Gasteiger partial charge in [0.1, 0.15) is 0 Å². The van der Waals surface area contributed by atoms with Crippen molar-refractivity contribution in [3.63, 3.8) is 0 Å². The second-order valence-corrected chi connectivity index (χ2v) is 4.41. The zero-order chi connectivity index (χ0) is 12.4. The van der Waals surface area contributed by atoms with Crippen molar-refractivity contribution in [3.05, 3.63) is 41.9 Å². The van der Waals surface area contributed by atoms with Crippen molar-refractivity contribution >= 4 is 0 Å². The first kappa shape index (κ1) is 11.4. The molecule has 0 spiro atoms. The number of benzene rings is 1. The predicted octanol–water partition coefficient (Wildman–Crippen LogP) is 2.17. The van der Waals surface area contributed by atoms with E-state index in [9.17, 15) is 0 Å². The minimum absolute atomic E-state index is 0.127. The molecule has 2 heterocycles. The Labute approximate surface area is 106 Å². The Balaban J connectivity index is 2.06. The number of nitrogens with zero attached hydrogens (tertiary/aromatic N) is 1. The fourth-order valence-corrected chi connectivity index (χ4v) is 2.51. The predicted molar refractivity (Wildman–Crippen MR) is 68.3 cm³/mol. The van der Waals surface area contributed by atoms with E-state index < -0.39 is 0 Å². The van der Waals surface area contributed by atoms with Crippen molar-refractivity contribution in [2.75, 3.05) is 20.2 Å². The zero-order valence-electron chi connectivity index (χ0n) is 10.3. The number of hydrogen-bond donors (Lipinski definition) is 1. The van der Waals surface area contributed by atoms with Crippen molar-refractivity contribution < 1.29 is 9.15 Å². The highest BCUT2D eigenvalue weighted by molar-refractivity contribution is 5.64. The first-order chi connectivity index (χ1) is 8.90. The van der Waals surface area contributed by atoms with Crippen molar-refractivity contribution in [3.8, 4) is 11.3 Å². The van der Waals surface area contributed by atoms with E-state index in [0.717, 1.165) is 30.9 Å².